The average molecular weight is 329 g/mol. The minimum absolute atomic E-state index is 0.281. The number of hydrogen-bond acceptors (Lipinski definition) is 7. The lowest BCUT2D eigenvalue weighted by molar-refractivity contribution is 0.397. The molecule has 3 aromatic heterocycles. The molecule has 1 atom stereocenters. The van der Waals surface area contributed by atoms with Crippen LogP contribution in [-0.2, 0) is 0 Å². The summed E-state index contributed by atoms with van der Waals surface area (Å²) < 4.78 is 18.3. The highest BCUT2D eigenvalue weighted by Gasteiger charge is 2.23. The molecule has 3 N–H and O–H groups in total. The number of pyridine rings is 1. The maximum absolute atomic E-state index is 13.2. The summed E-state index contributed by atoms with van der Waals surface area (Å²) in [7, 11) is 1.52. The van der Waals surface area contributed by atoms with Gasteiger partial charge in [0.2, 0.25) is 5.88 Å². The Labute approximate surface area is 137 Å². The first-order valence-corrected chi connectivity index (χ1v) is 7.16. The molecule has 0 saturated heterocycles. The van der Waals surface area contributed by atoms with Crippen LogP contribution in [0.2, 0.25) is 0 Å². The molecule has 0 saturated carbocycles. The van der Waals surface area contributed by atoms with E-state index in [4.69, 9.17) is 10.5 Å². The van der Waals surface area contributed by atoms with E-state index in [-0.39, 0.29) is 11.9 Å². The number of methoxy groups -OCH3 is 1. The first-order chi connectivity index (χ1) is 11.6. The SMILES string of the molecule is COc1cc(N(c2cncc(N)n2)C(C)c2ccc(F)cn2)[nH]n1. The molecule has 0 amide bonds. The molecular weight excluding hydrogens is 313 g/mol. The molecule has 0 aliphatic heterocycles. The van der Waals surface area contributed by atoms with E-state index in [2.05, 4.69) is 25.1 Å². The summed E-state index contributed by atoms with van der Waals surface area (Å²) in [4.78, 5) is 14.3. The minimum atomic E-state index is -0.399. The molecule has 3 aromatic rings. The van der Waals surface area contributed by atoms with E-state index in [1.54, 1.807) is 23.2 Å². The van der Waals surface area contributed by atoms with Crippen LogP contribution >= 0.6 is 0 Å². The van der Waals surface area contributed by atoms with Gasteiger partial charge in [0.15, 0.2) is 5.82 Å². The van der Waals surface area contributed by atoms with Gasteiger partial charge in [-0.25, -0.2) is 9.37 Å². The zero-order valence-corrected chi connectivity index (χ0v) is 13.1. The maximum Gasteiger partial charge on any atom is 0.234 e. The Balaban J connectivity index is 2.05. The molecule has 0 bridgehead atoms. The number of aromatic nitrogens is 5. The summed E-state index contributed by atoms with van der Waals surface area (Å²) in [6.45, 7) is 1.90. The van der Waals surface area contributed by atoms with Crippen LogP contribution in [-0.4, -0.2) is 32.3 Å². The van der Waals surface area contributed by atoms with Crippen LogP contribution < -0.4 is 15.4 Å². The van der Waals surface area contributed by atoms with Gasteiger partial charge in [0.1, 0.15) is 17.5 Å². The van der Waals surface area contributed by atoms with Crippen LogP contribution in [0.25, 0.3) is 0 Å². The third-order valence-corrected chi connectivity index (χ3v) is 3.46. The van der Waals surface area contributed by atoms with Gasteiger partial charge in [0.25, 0.3) is 0 Å². The molecule has 8 nitrogen and oxygen atoms in total. The van der Waals surface area contributed by atoms with Crippen LogP contribution in [0.4, 0.5) is 21.8 Å². The Morgan fingerprint density at radius 3 is 2.75 bits per heavy atom. The number of hydrogen-bond donors (Lipinski definition) is 2. The molecule has 0 spiro atoms. The predicted molar refractivity (Wildman–Crippen MR) is 86.3 cm³/mol. The molecule has 3 heterocycles. The number of nitrogens with zero attached hydrogens (tertiary/aromatic N) is 5. The van der Waals surface area contributed by atoms with Crippen molar-refractivity contribution in [2.75, 3.05) is 17.7 Å². The second-order valence-electron chi connectivity index (χ2n) is 5.04. The van der Waals surface area contributed by atoms with E-state index in [0.29, 0.717) is 23.2 Å². The summed E-state index contributed by atoms with van der Waals surface area (Å²) in [6.07, 6.45) is 4.20. The maximum atomic E-state index is 13.2. The lowest BCUT2D eigenvalue weighted by Gasteiger charge is -2.28. The highest BCUT2D eigenvalue weighted by molar-refractivity contribution is 5.59. The summed E-state index contributed by atoms with van der Waals surface area (Å²) in [6, 6.07) is 4.40. The number of nitrogens with two attached hydrogens (primary N) is 1. The van der Waals surface area contributed by atoms with Crippen molar-refractivity contribution in [2.45, 2.75) is 13.0 Å². The first kappa shape index (κ1) is 15.7. The van der Waals surface area contributed by atoms with Crippen LogP contribution in [0.15, 0.2) is 36.8 Å². The lowest BCUT2D eigenvalue weighted by atomic mass is 10.2. The second-order valence-corrected chi connectivity index (χ2v) is 5.04. The number of rotatable bonds is 5. The number of nitrogens with one attached hydrogen (secondary N) is 1. The largest absolute Gasteiger partial charge is 0.480 e. The Morgan fingerprint density at radius 1 is 1.29 bits per heavy atom. The summed E-state index contributed by atoms with van der Waals surface area (Å²) >= 11 is 0. The van der Waals surface area contributed by atoms with E-state index in [1.165, 1.54) is 25.6 Å². The van der Waals surface area contributed by atoms with Gasteiger partial charge in [0, 0.05) is 6.07 Å². The fourth-order valence-corrected chi connectivity index (χ4v) is 2.31. The van der Waals surface area contributed by atoms with E-state index in [1.807, 2.05) is 6.92 Å². The zero-order chi connectivity index (χ0) is 17.1. The van der Waals surface area contributed by atoms with Crippen molar-refractivity contribution >= 4 is 17.5 Å². The molecular formula is C15H16FN7O. The van der Waals surface area contributed by atoms with Gasteiger partial charge in [-0.15, -0.1) is 5.10 Å². The summed E-state index contributed by atoms with van der Waals surface area (Å²) in [5.74, 6) is 1.42. The van der Waals surface area contributed by atoms with Crippen LogP contribution in [0.3, 0.4) is 0 Å². The number of aromatic amines is 1. The van der Waals surface area contributed by atoms with E-state index in [9.17, 15) is 4.39 Å². The average Bonchev–Trinajstić information content (AvgIpc) is 3.04. The summed E-state index contributed by atoms with van der Waals surface area (Å²) in [5.41, 5.74) is 6.40. The second kappa shape index (κ2) is 6.49. The molecule has 0 aromatic carbocycles. The van der Waals surface area contributed by atoms with Crippen LogP contribution in [0, 0.1) is 5.82 Å². The van der Waals surface area contributed by atoms with Crippen molar-refractivity contribution in [1.82, 2.24) is 25.1 Å². The number of halogens is 1. The lowest BCUT2D eigenvalue weighted by Crippen LogP contribution is -2.24. The molecule has 0 aliphatic rings. The van der Waals surface area contributed by atoms with Gasteiger partial charge >= 0.3 is 0 Å². The molecule has 0 fully saturated rings. The Hall–Kier alpha value is -3.23. The van der Waals surface area contributed by atoms with Crippen LogP contribution in [0.1, 0.15) is 18.7 Å². The number of ether oxygens (including phenoxy) is 1. The van der Waals surface area contributed by atoms with Gasteiger partial charge in [0.05, 0.1) is 37.4 Å². The summed E-state index contributed by atoms with van der Waals surface area (Å²) in [5, 5.41) is 6.92. The standard InChI is InChI=1S/C15H16FN7O/c1-9(11-4-3-10(16)6-19-11)23(13-5-15(24-2)22-21-13)14-8-18-7-12(17)20-14/h3-9H,1-2H3,(H2,17,20)(H,21,22). The van der Waals surface area contributed by atoms with E-state index in [0.717, 1.165) is 0 Å². The number of nitrogen functional groups attached to an aromatic ring is 1. The van der Waals surface area contributed by atoms with Gasteiger partial charge in [-0.3, -0.25) is 15.1 Å². The van der Waals surface area contributed by atoms with E-state index >= 15 is 0 Å². The van der Waals surface area contributed by atoms with Crippen molar-refractivity contribution in [1.29, 1.82) is 0 Å². The highest BCUT2D eigenvalue weighted by Crippen LogP contribution is 2.33. The third kappa shape index (κ3) is 3.09. The Kier molecular flexibility index (Phi) is 4.23. The quantitative estimate of drug-likeness (QED) is 0.739. The minimum Gasteiger partial charge on any atom is -0.480 e. The highest BCUT2D eigenvalue weighted by atomic mass is 19.1. The van der Waals surface area contributed by atoms with Crippen molar-refractivity contribution in [3.63, 3.8) is 0 Å². The van der Waals surface area contributed by atoms with Gasteiger partial charge in [-0.1, -0.05) is 0 Å². The van der Waals surface area contributed by atoms with Gasteiger partial charge in [-0.05, 0) is 19.1 Å². The Morgan fingerprint density at radius 2 is 2.12 bits per heavy atom. The Bertz CT molecular complexity index is 821. The molecule has 124 valence electrons. The van der Waals surface area contributed by atoms with Crippen LogP contribution in [0.5, 0.6) is 5.88 Å². The fourth-order valence-electron chi connectivity index (χ4n) is 2.31. The molecule has 1 unspecified atom stereocenters. The monoisotopic (exact) mass is 329 g/mol. The van der Waals surface area contributed by atoms with Crippen molar-refractivity contribution in [3.05, 3.63) is 48.3 Å². The van der Waals surface area contributed by atoms with Crippen molar-refractivity contribution in [2.24, 2.45) is 0 Å². The molecule has 0 aliphatic carbocycles. The van der Waals surface area contributed by atoms with Crippen molar-refractivity contribution in [3.8, 4) is 5.88 Å². The molecule has 9 heteroatoms. The normalized spacial score (nSPS) is 12.0. The van der Waals surface area contributed by atoms with Gasteiger partial charge in [-0.2, -0.15) is 0 Å². The molecule has 24 heavy (non-hydrogen) atoms. The number of H-pyrrole nitrogens is 1. The van der Waals surface area contributed by atoms with Gasteiger partial charge < -0.3 is 15.4 Å². The predicted octanol–water partition coefficient (Wildman–Crippen LogP) is 2.22. The molecule has 3 rings (SSSR count). The first-order valence-electron chi connectivity index (χ1n) is 7.16. The van der Waals surface area contributed by atoms with E-state index < -0.39 is 5.82 Å². The fraction of sp³-hybridized carbons (Fsp3) is 0.200. The van der Waals surface area contributed by atoms with Crippen molar-refractivity contribution < 1.29 is 9.13 Å². The zero-order valence-electron chi connectivity index (χ0n) is 13.1. The third-order valence-electron chi connectivity index (χ3n) is 3.46. The molecule has 0 radical (unpaired) electrons. The topological polar surface area (TPSA) is 106 Å². The smallest absolute Gasteiger partial charge is 0.234 e. The number of anilines is 3.